The van der Waals surface area contributed by atoms with Gasteiger partial charge in [0.15, 0.2) is 9.84 Å². The zero-order valence-corrected chi connectivity index (χ0v) is 11.4. The quantitative estimate of drug-likeness (QED) is 0.897. The van der Waals surface area contributed by atoms with Crippen molar-refractivity contribution in [1.29, 1.82) is 0 Å². The third-order valence-corrected chi connectivity index (χ3v) is 5.86. The first-order chi connectivity index (χ1) is 8.00. The molecule has 0 aromatic carbocycles. The first-order valence-corrected chi connectivity index (χ1v) is 8.46. The highest BCUT2D eigenvalue weighted by atomic mass is 32.2. The van der Waals surface area contributed by atoms with E-state index in [1.807, 2.05) is 12.3 Å². The van der Waals surface area contributed by atoms with Crippen LogP contribution in [-0.4, -0.2) is 36.6 Å². The van der Waals surface area contributed by atoms with Crippen LogP contribution < -0.4 is 0 Å². The number of aliphatic hydroxyl groups is 1. The van der Waals surface area contributed by atoms with Gasteiger partial charge in [-0.3, -0.25) is 0 Å². The molecule has 17 heavy (non-hydrogen) atoms. The van der Waals surface area contributed by atoms with Gasteiger partial charge in [0.2, 0.25) is 0 Å². The van der Waals surface area contributed by atoms with Crippen molar-refractivity contribution in [2.75, 3.05) is 18.1 Å². The lowest BCUT2D eigenvalue weighted by molar-refractivity contribution is 0.271. The van der Waals surface area contributed by atoms with Crippen LogP contribution in [0.15, 0.2) is 5.38 Å². The van der Waals surface area contributed by atoms with E-state index < -0.39 is 9.84 Å². The first kappa shape index (κ1) is 13.0. The standard InChI is InChI=1S/C11H17NO3S2/c1-8(5-13)10-6-16-11(12-10)4-9-2-3-17(14,15)7-9/h6,8-9,13H,2-5,7H2,1H3. The van der Waals surface area contributed by atoms with Crippen molar-refractivity contribution in [3.8, 4) is 0 Å². The molecule has 4 nitrogen and oxygen atoms in total. The molecule has 2 rings (SSSR count). The summed E-state index contributed by atoms with van der Waals surface area (Å²) in [6.45, 7) is 2.03. The summed E-state index contributed by atoms with van der Waals surface area (Å²) in [4.78, 5) is 4.46. The van der Waals surface area contributed by atoms with E-state index in [4.69, 9.17) is 5.11 Å². The van der Waals surface area contributed by atoms with Gasteiger partial charge >= 0.3 is 0 Å². The molecule has 1 aliphatic rings. The zero-order chi connectivity index (χ0) is 12.5. The second-order valence-electron chi connectivity index (χ2n) is 4.72. The number of nitrogens with zero attached hydrogens (tertiary/aromatic N) is 1. The maximum Gasteiger partial charge on any atom is 0.150 e. The van der Waals surface area contributed by atoms with Crippen molar-refractivity contribution in [2.45, 2.75) is 25.7 Å². The predicted molar refractivity (Wildman–Crippen MR) is 68.1 cm³/mol. The summed E-state index contributed by atoms with van der Waals surface area (Å²) in [6, 6.07) is 0. The Bertz CT molecular complexity index is 481. The number of aromatic nitrogens is 1. The van der Waals surface area contributed by atoms with Crippen LogP contribution in [0.2, 0.25) is 0 Å². The van der Waals surface area contributed by atoms with E-state index in [0.29, 0.717) is 11.5 Å². The summed E-state index contributed by atoms with van der Waals surface area (Å²) in [5.74, 6) is 0.913. The van der Waals surface area contributed by atoms with Gasteiger partial charge in [-0.1, -0.05) is 6.92 Å². The van der Waals surface area contributed by atoms with E-state index in [2.05, 4.69) is 4.98 Å². The molecule has 0 radical (unpaired) electrons. The van der Waals surface area contributed by atoms with Gasteiger partial charge in [0.1, 0.15) is 0 Å². The van der Waals surface area contributed by atoms with Gasteiger partial charge in [-0.05, 0) is 12.3 Å². The molecule has 1 N–H and O–H groups in total. The van der Waals surface area contributed by atoms with Crippen LogP contribution in [0, 0.1) is 5.92 Å². The molecular formula is C11H17NO3S2. The van der Waals surface area contributed by atoms with Crippen LogP contribution in [0.3, 0.4) is 0 Å². The van der Waals surface area contributed by atoms with Crippen LogP contribution in [0.4, 0.5) is 0 Å². The van der Waals surface area contributed by atoms with Crippen molar-refractivity contribution in [1.82, 2.24) is 4.98 Å². The third-order valence-electron chi connectivity index (χ3n) is 3.14. The van der Waals surface area contributed by atoms with Gasteiger partial charge in [-0.2, -0.15) is 0 Å². The molecule has 0 aliphatic carbocycles. The fourth-order valence-corrected chi connectivity index (χ4v) is 4.91. The zero-order valence-electron chi connectivity index (χ0n) is 9.80. The lowest BCUT2D eigenvalue weighted by Gasteiger charge is -2.04. The Labute approximate surface area is 106 Å². The van der Waals surface area contributed by atoms with Crippen molar-refractivity contribution >= 4 is 21.2 Å². The summed E-state index contributed by atoms with van der Waals surface area (Å²) in [7, 11) is -2.79. The maximum absolute atomic E-state index is 11.3. The fourth-order valence-electron chi connectivity index (χ4n) is 2.02. The number of sulfone groups is 1. The summed E-state index contributed by atoms with van der Waals surface area (Å²) < 4.78 is 22.7. The molecular weight excluding hydrogens is 258 g/mol. The highest BCUT2D eigenvalue weighted by molar-refractivity contribution is 7.91. The number of aliphatic hydroxyl groups excluding tert-OH is 1. The Kier molecular flexibility index (Phi) is 3.85. The summed E-state index contributed by atoms with van der Waals surface area (Å²) in [6.07, 6.45) is 1.51. The molecule has 1 aliphatic heterocycles. The molecule has 0 bridgehead atoms. The van der Waals surface area contributed by atoms with Crippen LogP contribution in [-0.2, 0) is 16.3 Å². The third kappa shape index (κ3) is 3.26. The van der Waals surface area contributed by atoms with Gasteiger partial charge in [0, 0.05) is 17.7 Å². The SMILES string of the molecule is CC(CO)c1csc(CC2CCS(=O)(=O)C2)n1. The van der Waals surface area contributed by atoms with Gasteiger partial charge in [-0.25, -0.2) is 13.4 Å². The average molecular weight is 275 g/mol. The molecule has 2 unspecified atom stereocenters. The Morgan fingerprint density at radius 2 is 2.41 bits per heavy atom. The number of hydrogen-bond donors (Lipinski definition) is 1. The molecule has 6 heteroatoms. The van der Waals surface area contributed by atoms with Crippen molar-refractivity contribution in [2.24, 2.45) is 5.92 Å². The van der Waals surface area contributed by atoms with E-state index in [1.165, 1.54) is 0 Å². The lowest BCUT2D eigenvalue weighted by Crippen LogP contribution is -2.07. The van der Waals surface area contributed by atoms with Crippen molar-refractivity contribution in [3.63, 3.8) is 0 Å². The molecule has 1 aromatic heterocycles. The topological polar surface area (TPSA) is 67.3 Å². The minimum Gasteiger partial charge on any atom is -0.396 e. The van der Waals surface area contributed by atoms with Gasteiger partial charge in [0.05, 0.1) is 28.8 Å². The van der Waals surface area contributed by atoms with Crippen LogP contribution >= 0.6 is 11.3 Å². The van der Waals surface area contributed by atoms with Crippen LogP contribution in [0.5, 0.6) is 0 Å². The minimum absolute atomic E-state index is 0.0623. The molecule has 1 fully saturated rings. The van der Waals surface area contributed by atoms with Crippen molar-refractivity contribution in [3.05, 3.63) is 16.1 Å². The molecule has 2 heterocycles. The van der Waals surface area contributed by atoms with Gasteiger partial charge in [0.25, 0.3) is 0 Å². The van der Waals surface area contributed by atoms with E-state index >= 15 is 0 Å². The maximum atomic E-state index is 11.3. The summed E-state index contributed by atoms with van der Waals surface area (Å²) in [5, 5.41) is 12.0. The lowest BCUT2D eigenvalue weighted by atomic mass is 10.1. The molecule has 2 atom stereocenters. The molecule has 0 spiro atoms. The van der Waals surface area contributed by atoms with Gasteiger partial charge in [-0.15, -0.1) is 11.3 Å². The Morgan fingerprint density at radius 3 is 3.00 bits per heavy atom. The first-order valence-electron chi connectivity index (χ1n) is 5.76. The Balaban J connectivity index is 1.98. The molecule has 96 valence electrons. The van der Waals surface area contributed by atoms with Crippen LogP contribution in [0.1, 0.15) is 30.0 Å². The molecule has 0 saturated carbocycles. The number of rotatable bonds is 4. The average Bonchev–Trinajstić information content (AvgIpc) is 2.85. The Hall–Kier alpha value is -0.460. The summed E-state index contributed by atoms with van der Waals surface area (Å²) >= 11 is 1.56. The smallest absolute Gasteiger partial charge is 0.150 e. The van der Waals surface area contributed by atoms with Crippen molar-refractivity contribution < 1.29 is 13.5 Å². The Morgan fingerprint density at radius 1 is 1.65 bits per heavy atom. The van der Waals surface area contributed by atoms with E-state index in [9.17, 15) is 8.42 Å². The van der Waals surface area contributed by atoms with Crippen LogP contribution in [0.25, 0.3) is 0 Å². The van der Waals surface area contributed by atoms with E-state index in [0.717, 1.165) is 23.5 Å². The second kappa shape index (κ2) is 5.04. The van der Waals surface area contributed by atoms with Gasteiger partial charge < -0.3 is 5.11 Å². The molecule has 1 saturated heterocycles. The number of thiazole rings is 1. The second-order valence-corrected chi connectivity index (χ2v) is 7.89. The number of hydrogen-bond acceptors (Lipinski definition) is 5. The van der Waals surface area contributed by atoms with E-state index in [-0.39, 0.29) is 18.4 Å². The van der Waals surface area contributed by atoms with E-state index in [1.54, 1.807) is 11.3 Å². The monoisotopic (exact) mass is 275 g/mol. The molecule has 0 amide bonds. The normalized spacial score (nSPS) is 24.9. The largest absolute Gasteiger partial charge is 0.396 e. The minimum atomic E-state index is -2.79. The molecule has 1 aromatic rings. The highest BCUT2D eigenvalue weighted by Crippen LogP contribution is 2.25. The highest BCUT2D eigenvalue weighted by Gasteiger charge is 2.28. The fraction of sp³-hybridized carbons (Fsp3) is 0.727. The summed E-state index contributed by atoms with van der Waals surface area (Å²) in [5.41, 5.74) is 0.911. The predicted octanol–water partition coefficient (Wildman–Crippen LogP) is 1.22.